The van der Waals surface area contributed by atoms with E-state index in [0.29, 0.717) is 16.8 Å². The number of nitrogens with zero attached hydrogens (tertiary/aromatic N) is 1. The lowest BCUT2D eigenvalue weighted by Crippen LogP contribution is -2.05. The van der Waals surface area contributed by atoms with Crippen molar-refractivity contribution in [3.8, 4) is 0 Å². The van der Waals surface area contributed by atoms with E-state index in [1.54, 1.807) is 48.5 Å². The van der Waals surface area contributed by atoms with Gasteiger partial charge in [0.2, 0.25) is 6.20 Å². The van der Waals surface area contributed by atoms with Gasteiger partial charge < -0.3 is 5.32 Å². The summed E-state index contributed by atoms with van der Waals surface area (Å²) in [7, 11) is 0. The van der Waals surface area contributed by atoms with E-state index in [0.717, 1.165) is 6.20 Å². The summed E-state index contributed by atoms with van der Waals surface area (Å²) in [5, 5.41) is 13.0. The summed E-state index contributed by atoms with van der Waals surface area (Å²) < 4.78 is 0. The number of nitro groups is 1. The highest BCUT2D eigenvalue weighted by molar-refractivity contribution is 6.12. The minimum absolute atomic E-state index is 0.136. The fourth-order valence-corrected chi connectivity index (χ4v) is 1.74. The van der Waals surface area contributed by atoms with Gasteiger partial charge in [-0.1, -0.05) is 42.5 Å². The molecule has 20 heavy (non-hydrogen) atoms. The van der Waals surface area contributed by atoms with Gasteiger partial charge in [-0.2, -0.15) is 0 Å². The van der Waals surface area contributed by atoms with E-state index in [1.165, 1.54) is 6.20 Å². The molecule has 0 aliphatic heterocycles. The molecular formula is C15H12N2O3. The van der Waals surface area contributed by atoms with E-state index in [9.17, 15) is 14.9 Å². The highest BCUT2D eigenvalue weighted by Gasteiger charge is 2.12. The quantitative estimate of drug-likeness (QED) is 0.514. The summed E-state index contributed by atoms with van der Waals surface area (Å²) in [4.78, 5) is 22.0. The first-order chi connectivity index (χ1) is 9.68. The molecule has 0 bridgehead atoms. The Morgan fingerprint density at radius 3 is 2.40 bits per heavy atom. The molecule has 0 saturated heterocycles. The van der Waals surface area contributed by atoms with E-state index in [-0.39, 0.29) is 5.78 Å². The molecule has 0 spiro atoms. The van der Waals surface area contributed by atoms with Crippen LogP contribution in [0.3, 0.4) is 0 Å². The van der Waals surface area contributed by atoms with Crippen molar-refractivity contribution in [3.05, 3.63) is 88.2 Å². The Balaban J connectivity index is 2.28. The van der Waals surface area contributed by atoms with Gasteiger partial charge in [-0.25, -0.2) is 0 Å². The van der Waals surface area contributed by atoms with Crippen LogP contribution in [-0.4, -0.2) is 10.7 Å². The third kappa shape index (κ3) is 3.29. The van der Waals surface area contributed by atoms with E-state index in [2.05, 4.69) is 5.32 Å². The maximum Gasteiger partial charge on any atom is 0.250 e. The molecule has 0 saturated carbocycles. The normalized spacial score (nSPS) is 10.4. The number of hydrogen-bond acceptors (Lipinski definition) is 4. The van der Waals surface area contributed by atoms with Gasteiger partial charge >= 0.3 is 0 Å². The second-order valence-electron chi connectivity index (χ2n) is 3.99. The summed E-state index contributed by atoms with van der Waals surface area (Å²) in [6.07, 6.45) is 1.97. The van der Waals surface area contributed by atoms with Crippen molar-refractivity contribution >= 4 is 11.5 Å². The van der Waals surface area contributed by atoms with Crippen LogP contribution in [0, 0.1) is 10.1 Å². The molecular weight excluding hydrogens is 256 g/mol. The summed E-state index contributed by atoms with van der Waals surface area (Å²) in [5.74, 6) is -0.136. The molecule has 0 aliphatic carbocycles. The van der Waals surface area contributed by atoms with Crippen molar-refractivity contribution in [1.29, 1.82) is 0 Å². The van der Waals surface area contributed by atoms with E-state index < -0.39 is 4.92 Å². The lowest BCUT2D eigenvalue weighted by molar-refractivity contribution is -0.402. The maximum absolute atomic E-state index is 12.4. The fourth-order valence-electron chi connectivity index (χ4n) is 1.74. The van der Waals surface area contributed by atoms with Crippen molar-refractivity contribution in [2.45, 2.75) is 0 Å². The SMILES string of the molecule is O=C(c1ccccc1)c1ccccc1NC=C[N+](=O)[O-]. The van der Waals surface area contributed by atoms with Gasteiger partial charge in [0.15, 0.2) is 5.78 Å². The van der Waals surface area contributed by atoms with Crippen LogP contribution in [-0.2, 0) is 0 Å². The topological polar surface area (TPSA) is 72.2 Å². The van der Waals surface area contributed by atoms with Gasteiger partial charge in [0.05, 0.1) is 11.1 Å². The largest absolute Gasteiger partial charge is 0.356 e. The first kappa shape index (κ1) is 13.5. The number of rotatable bonds is 5. The molecule has 2 aromatic rings. The van der Waals surface area contributed by atoms with Gasteiger partial charge in [-0.15, -0.1) is 0 Å². The summed E-state index contributed by atoms with van der Waals surface area (Å²) >= 11 is 0. The molecule has 0 heterocycles. The predicted octanol–water partition coefficient (Wildman–Crippen LogP) is 3.08. The van der Waals surface area contributed by atoms with E-state index in [4.69, 9.17) is 0 Å². The molecule has 0 atom stereocenters. The second kappa shape index (κ2) is 6.29. The van der Waals surface area contributed by atoms with Crippen LogP contribution in [0.5, 0.6) is 0 Å². The van der Waals surface area contributed by atoms with Gasteiger partial charge in [0, 0.05) is 16.8 Å². The molecule has 0 amide bonds. The van der Waals surface area contributed by atoms with Crippen molar-refractivity contribution in [1.82, 2.24) is 0 Å². The number of nitrogens with one attached hydrogen (secondary N) is 1. The van der Waals surface area contributed by atoms with Crippen LogP contribution in [0.4, 0.5) is 5.69 Å². The van der Waals surface area contributed by atoms with Crippen molar-refractivity contribution < 1.29 is 9.72 Å². The Hall–Kier alpha value is -2.95. The van der Waals surface area contributed by atoms with Crippen LogP contribution in [0.2, 0.25) is 0 Å². The zero-order valence-corrected chi connectivity index (χ0v) is 10.5. The lowest BCUT2D eigenvalue weighted by Gasteiger charge is -2.07. The van der Waals surface area contributed by atoms with Gasteiger partial charge in [0.25, 0.3) is 0 Å². The van der Waals surface area contributed by atoms with E-state index in [1.807, 2.05) is 6.07 Å². The van der Waals surface area contributed by atoms with E-state index >= 15 is 0 Å². The Kier molecular flexibility index (Phi) is 4.24. The van der Waals surface area contributed by atoms with Crippen LogP contribution >= 0.6 is 0 Å². The molecule has 0 fully saturated rings. The van der Waals surface area contributed by atoms with Gasteiger partial charge in [-0.05, 0) is 12.1 Å². The molecule has 5 heteroatoms. The molecule has 1 N–H and O–H groups in total. The van der Waals surface area contributed by atoms with Gasteiger partial charge in [0.1, 0.15) is 0 Å². The monoisotopic (exact) mass is 268 g/mol. The number of hydrogen-bond donors (Lipinski definition) is 1. The predicted molar refractivity (Wildman–Crippen MR) is 76.1 cm³/mol. The molecule has 2 rings (SSSR count). The first-order valence-corrected chi connectivity index (χ1v) is 5.94. The van der Waals surface area contributed by atoms with Crippen LogP contribution in [0.15, 0.2) is 67.0 Å². The third-order valence-corrected chi connectivity index (χ3v) is 2.64. The number of para-hydroxylation sites is 1. The zero-order chi connectivity index (χ0) is 14.4. The summed E-state index contributed by atoms with van der Waals surface area (Å²) in [6, 6.07) is 15.7. The first-order valence-electron chi connectivity index (χ1n) is 5.94. The van der Waals surface area contributed by atoms with Crippen LogP contribution in [0.25, 0.3) is 0 Å². The Morgan fingerprint density at radius 2 is 1.70 bits per heavy atom. The van der Waals surface area contributed by atoms with Crippen LogP contribution in [0.1, 0.15) is 15.9 Å². The average molecular weight is 268 g/mol. The Labute approximate surface area is 115 Å². The molecule has 0 aliphatic rings. The fraction of sp³-hybridized carbons (Fsp3) is 0. The third-order valence-electron chi connectivity index (χ3n) is 2.64. The lowest BCUT2D eigenvalue weighted by atomic mass is 10.0. The smallest absolute Gasteiger partial charge is 0.250 e. The highest BCUT2D eigenvalue weighted by atomic mass is 16.6. The molecule has 2 aromatic carbocycles. The second-order valence-corrected chi connectivity index (χ2v) is 3.99. The maximum atomic E-state index is 12.4. The number of anilines is 1. The molecule has 5 nitrogen and oxygen atoms in total. The standard InChI is InChI=1S/C15H12N2O3/c18-15(12-6-2-1-3-7-12)13-8-4-5-9-14(13)16-10-11-17(19)20/h1-11,16H. The molecule has 0 aromatic heterocycles. The zero-order valence-electron chi connectivity index (χ0n) is 10.5. The number of benzene rings is 2. The van der Waals surface area contributed by atoms with Crippen molar-refractivity contribution in [2.24, 2.45) is 0 Å². The summed E-state index contributed by atoms with van der Waals surface area (Å²) in [6.45, 7) is 0. The minimum atomic E-state index is -0.575. The average Bonchev–Trinajstić information content (AvgIpc) is 2.47. The summed E-state index contributed by atoms with van der Waals surface area (Å²) in [5.41, 5.74) is 1.56. The number of carbonyl (C=O) groups is 1. The van der Waals surface area contributed by atoms with Gasteiger partial charge in [-0.3, -0.25) is 14.9 Å². The Morgan fingerprint density at radius 1 is 1.05 bits per heavy atom. The minimum Gasteiger partial charge on any atom is -0.356 e. The molecule has 100 valence electrons. The highest BCUT2D eigenvalue weighted by Crippen LogP contribution is 2.19. The number of ketones is 1. The molecule has 0 radical (unpaired) electrons. The molecule has 0 unspecified atom stereocenters. The van der Waals surface area contributed by atoms with Crippen molar-refractivity contribution in [3.63, 3.8) is 0 Å². The van der Waals surface area contributed by atoms with Crippen LogP contribution < -0.4 is 5.32 Å². The Bertz CT molecular complexity index is 651. The van der Waals surface area contributed by atoms with Crippen molar-refractivity contribution in [2.75, 3.05) is 5.32 Å². The number of carbonyl (C=O) groups excluding carboxylic acids is 1.